The van der Waals surface area contributed by atoms with Crippen LogP contribution in [0.25, 0.3) is 0 Å². The first kappa shape index (κ1) is 22.8. The third-order valence-corrected chi connectivity index (χ3v) is 8.49. The standard InChI is InChI=1S/C25H32N2O4S/c1-3-31-24-12-11-21(17-18(24)2)32(29,30)27-15-13-20(14-16-27)25(28)26-23-10-6-8-19-7-4-5-9-22(19)23/h4-5,7,9,11-12,17,20,23H,3,6,8,10,13-16H2,1-2H3,(H,26,28). The van der Waals surface area contributed by atoms with E-state index in [1.165, 1.54) is 15.4 Å². The van der Waals surface area contributed by atoms with E-state index in [9.17, 15) is 13.2 Å². The highest BCUT2D eigenvalue weighted by molar-refractivity contribution is 7.89. The Hall–Kier alpha value is -2.38. The van der Waals surface area contributed by atoms with Crippen LogP contribution in [0.3, 0.4) is 0 Å². The van der Waals surface area contributed by atoms with Crippen molar-refractivity contribution < 1.29 is 17.9 Å². The number of piperidine rings is 1. The number of carbonyl (C=O) groups is 1. The number of hydrogen-bond acceptors (Lipinski definition) is 4. The number of sulfonamides is 1. The molecule has 4 rings (SSSR count). The van der Waals surface area contributed by atoms with Crippen molar-refractivity contribution in [3.63, 3.8) is 0 Å². The molecule has 32 heavy (non-hydrogen) atoms. The predicted octanol–water partition coefficient (Wildman–Crippen LogP) is 3.99. The summed E-state index contributed by atoms with van der Waals surface area (Å²) in [6, 6.07) is 13.4. The van der Waals surface area contributed by atoms with Gasteiger partial charge in [0.1, 0.15) is 5.75 Å². The maximum absolute atomic E-state index is 13.1. The molecular weight excluding hydrogens is 424 g/mol. The molecule has 1 heterocycles. The van der Waals surface area contributed by atoms with Crippen LogP contribution >= 0.6 is 0 Å². The van der Waals surface area contributed by atoms with Gasteiger partial charge in [-0.15, -0.1) is 0 Å². The average Bonchev–Trinajstić information content (AvgIpc) is 2.81. The van der Waals surface area contributed by atoms with E-state index < -0.39 is 10.0 Å². The highest BCUT2D eigenvalue weighted by Crippen LogP contribution is 2.31. The Morgan fingerprint density at radius 2 is 1.88 bits per heavy atom. The van der Waals surface area contributed by atoms with Gasteiger partial charge in [0.2, 0.25) is 15.9 Å². The summed E-state index contributed by atoms with van der Waals surface area (Å²) in [5.74, 6) is 0.587. The third kappa shape index (κ3) is 4.69. The van der Waals surface area contributed by atoms with E-state index in [1.54, 1.807) is 18.2 Å². The number of nitrogens with zero attached hydrogens (tertiary/aromatic N) is 1. The second-order valence-electron chi connectivity index (χ2n) is 8.69. The fourth-order valence-corrected chi connectivity index (χ4v) is 6.36. The van der Waals surface area contributed by atoms with Crippen LogP contribution in [0.2, 0.25) is 0 Å². The fraction of sp³-hybridized carbons (Fsp3) is 0.480. The number of amides is 1. The van der Waals surface area contributed by atoms with Gasteiger partial charge in [0, 0.05) is 19.0 Å². The first-order valence-electron chi connectivity index (χ1n) is 11.5. The molecule has 1 fully saturated rings. The summed E-state index contributed by atoms with van der Waals surface area (Å²) in [5.41, 5.74) is 3.34. The first-order chi connectivity index (χ1) is 15.4. The molecule has 1 amide bonds. The van der Waals surface area contributed by atoms with Gasteiger partial charge in [0.25, 0.3) is 0 Å². The summed E-state index contributed by atoms with van der Waals surface area (Å²) in [4.78, 5) is 13.2. The second-order valence-corrected chi connectivity index (χ2v) is 10.6. The summed E-state index contributed by atoms with van der Waals surface area (Å²) >= 11 is 0. The van der Waals surface area contributed by atoms with Crippen molar-refractivity contribution >= 4 is 15.9 Å². The largest absolute Gasteiger partial charge is 0.494 e. The Morgan fingerprint density at radius 1 is 1.12 bits per heavy atom. The van der Waals surface area contributed by atoms with Gasteiger partial charge in [-0.2, -0.15) is 4.31 Å². The molecule has 0 radical (unpaired) electrons. The number of ether oxygens (including phenoxy) is 1. The van der Waals surface area contributed by atoms with Crippen molar-refractivity contribution in [1.82, 2.24) is 9.62 Å². The molecule has 0 bridgehead atoms. The van der Waals surface area contributed by atoms with E-state index in [2.05, 4.69) is 17.4 Å². The highest BCUT2D eigenvalue weighted by atomic mass is 32.2. The number of nitrogens with one attached hydrogen (secondary N) is 1. The summed E-state index contributed by atoms with van der Waals surface area (Å²) in [5, 5.41) is 3.23. The van der Waals surface area contributed by atoms with Crippen LogP contribution in [-0.4, -0.2) is 38.3 Å². The van der Waals surface area contributed by atoms with Gasteiger partial charge in [0.05, 0.1) is 17.5 Å². The lowest BCUT2D eigenvalue weighted by Crippen LogP contribution is -2.44. The number of carbonyl (C=O) groups excluding carboxylic acids is 1. The minimum atomic E-state index is -3.59. The molecule has 0 saturated carbocycles. The number of hydrogen-bond donors (Lipinski definition) is 1. The Bertz CT molecular complexity index is 1080. The monoisotopic (exact) mass is 456 g/mol. The number of benzene rings is 2. The predicted molar refractivity (Wildman–Crippen MR) is 124 cm³/mol. The van der Waals surface area contributed by atoms with Crippen molar-refractivity contribution in [2.45, 2.75) is 56.9 Å². The fourth-order valence-electron chi connectivity index (χ4n) is 4.80. The molecule has 2 aromatic rings. The average molecular weight is 457 g/mol. The lowest BCUT2D eigenvalue weighted by Gasteiger charge is -2.32. The minimum Gasteiger partial charge on any atom is -0.494 e. The highest BCUT2D eigenvalue weighted by Gasteiger charge is 2.33. The van der Waals surface area contributed by atoms with Gasteiger partial charge in [-0.3, -0.25) is 4.79 Å². The lowest BCUT2D eigenvalue weighted by atomic mass is 9.87. The quantitative estimate of drug-likeness (QED) is 0.713. The molecule has 6 nitrogen and oxygen atoms in total. The van der Waals surface area contributed by atoms with Crippen LogP contribution in [0.4, 0.5) is 0 Å². The normalized spacial score (nSPS) is 19.9. The van der Waals surface area contributed by atoms with Crippen molar-refractivity contribution in [2.24, 2.45) is 5.92 Å². The molecular formula is C25H32N2O4S. The maximum Gasteiger partial charge on any atom is 0.243 e. The Balaban J connectivity index is 1.38. The zero-order valence-corrected chi connectivity index (χ0v) is 19.7. The van der Waals surface area contributed by atoms with Crippen LogP contribution < -0.4 is 10.1 Å². The maximum atomic E-state index is 13.1. The second kappa shape index (κ2) is 9.63. The van der Waals surface area contributed by atoms with Gasteiger partial charge >= 0.3 is 0 Å². The smallest absolute Gasteiger partial charge is 0.243 e. The Morgan fingerprint density at radius 3 is 2.59 bits per heavy atom. The molecule has 172 valence electrons. The third-order valence-electron chi connectivity index (χ3n) is 6.59. The molecule has 1 atom stereocenters. The van der Waals surface area contributed by atoms with E-state index in [-0.39, 0.29) is 22.8 Å². The summed E-state index contributed by atoms with van der Waals surface area (Å²) in [6.07, 6.45) is 4.15. The molecule has 1 saturated heterocycles. The topological polar surface area (TPSA) is 75.7 Å². The van der Waals surface area contributed by atoms with Crippen molar-refractivity contribution in [3.05, 3.63) is 59.2 Å². The van der Waals surface area contributed by atoms with Gasteiger partial charge in [-0.1, -0.05) is 24.3 Å². The molecule has 1 aliphatic heterocycles. The number of rotatable bonds is 6. The summed E-state index contributed by atoms with van der Waals surface area (Å²) in [7, 11) is -3.59. The van der Waals surface area contributed by atoms with Gasteiger partial charge in [-0.05, 0) is 80.8 Å². The Kier molecular flexibility index (Phi) is 6.86. The van der Waals surface area contributed by atoms with Crippen LogP contribution in [0.15, 0.2) is 47.4 Å². The molecule has 0 aromatic heterocycles. The molecule has 1 unspecified atom stereocenters. The van der Waals surface area contributed by atoms with E-state index in [0.717, 1.165) is 24.8 Å². The lowest BCUT2D eigenvalue weighted by molar-refractivity contribution is -0.127. The van der Waals surface area contributed by atoms with Gasteiger partial charge in [0.15, 0.2) is 0 Å². The van der Waals surface area contributed by atoms with Crippen molar-refractivity contribution in [3.8, 4) is 5.75 Å². The van der Waals surface area contributed by atoms with E-state index >= 15 is 0 Å². The molecule has 2 aliphatic rings. The van der Waals surface area contributed by atoms with E-state index in [0.29, 0.717) is 38.3 Å². The molecule has 0 spiro atoms. The van der Waals surface area contributed by atoms with Crippen LogP contribution in [0.5, 0.6) is 5.75 Å². The zero-order valence-electron chi connectivity index (χ0n) is 18.8. The minimum absolute atomic E-state index is 0.0423. The SMILES string of the molecule is CCOc1ccc(S(=O)(=O)N2CCC(C(=O)NC3CCCc4ccccc43)CC2)cc1C. The number of fused-ring (bicyclic) bond motifs is 1. The van der Waals surface area contributed by atoms with Crippen molar-refractivity contribution in [2.75, 3.05) is 19.7 Å². The zero-order chi connectivity index (χ0) is 22.7. The Labute approximate surface area is 191 Å². The summed E-state index contributed by atoms with van der Waals surface area (Å²) < 4.78 is 33.3. The van der Waals surface area contributed by atoms with Crippen LogP contribution in [-0.2, 0) is 21.2 Å². The van der Waals surface area contributed by atoms with E-state index in [4.69, 9.17) is 4.74 Å². The van der Waals surface area contributed by atoms with Crippen LogP contribution in [0.1, 0.15) is 55.3 Å². The summed E-state index contributed by atoms with van der Waals surface area (Å²) in [6.45, 7) is 5.00. The molecule has 1 N–H and O–H groups in total. The van der Waals surface area contributed by atoms with Crippen LogP contribution in [0, 0.1) is 12.8 Å². The molecule has 7 heteroatoms. The van der Waals surface area contributed by atoms with E-state index in [1.807, 2.05) is 26.0 Å². The molecule has 2 aromatic carbocycles. The van der Waals surface area contributed by atoms with Gasteiger partial charge in [-0.25, -0.2) is 8.42 Å². The first-order valence-corrected chi connectivity index (χ1v) is 13.0. The van der Waals surface area contributed by atoms with Gasteiger partial charge < -0.3 is 10.1 Å². The van der Waals surface area contributed by atoms with Crippen molar-refractivity contribution in [1.29, 1.82) is 0 Å². The molecule has 1 aliphatic carbocycles. The number of aryl methyl sites for hydroxylation is 2.